The van der Waals surface area contributed by atoms with Crippen LogP contribution in [-0.2, 0) is 9.59 Å². The summed E-state index contributed by atoms with van der Waals surface area (Å²) < 4.78 is 26.7. The quantitative estimate of drug-likeness (QED) is 0.359. The Morgan fingerprint density at radius 3 is 2.60 bits per heavy atom. The Balaban J connectivity index is 1.83. The first-order valence-corrected chi connectivity index (χ1v) is 9.99. The van der Waals surface area contributed by atoms with Crippen LogP contribution in [0.1, 0.15) is 39.0 Å². The molecule has 1 fully saturated rings. The second-order valence-corrected chi connectivity index (χ2v) is 7.73. The predicted octanol–water partition coefficient (Wildman–Crippen LogP) is 2.64. The highest BCUT2D eigenvalue weighted by atomic mass is 19.1. The van der Waals surface area contributed by atoms with E-state index in [0.29, 0.717) is 12.5 Å². The van der Waals surface area contributed by atoms with Crippen LogP contribution < -0.4 is 16.1 Å². The van der Waals surface area contributed by atoms with Crippen molar-refractivity contribution in [3.8, 4) is 0 Å². The number of rotatable bonds is 9. The highest BCUT2D eigenvalue weighted by molar-refractivity contribution is 5.89. The van der Waals surface area contributed by atoms with Gasteiger partial charge in [-0.3, -0.25) is 14.8 Å². The van der Waals surface area contributed by atoms with Gasteiger partial charge in [-0.2, -0.15) is 0 Å². The van der Waals surface area contributed by atoms with E-state index in [4.69, 9.17) is 5.21 Å². The second-order valence-electron chi connectivity index (χ2n) is 7.73. The lowest BCUT2D eigenvalue weighted by Crippen LogP contribution is -2.43. The number of hydroxylamine groups is 1. The van der Waals surface area contributed by atoms with Gasteiger partial charge in [0.25, 0.3) is 5.91 Å². The number of benzene rings is 1. The third kappa shape index (κ3) is 7.58. The van der Waals surface area contributed by atoms with Gasteiger partial charge in [-0.25, -0.2) is 19.1 Å². The number of hydrogen-bond donors (Lipinski definition) is 4. The molecule has 0 aliphatic heterocycles. The van der Waals surface area contributed by atoms with Gasteiger partial charge in [-0.05, 0) is 36.8 Å². The van der Waals surface area contributed by atoms with Gasteiger partial charge >= 0.3 is 6.03 Å². The summed E-state index contributed by atoms with van der Waals surface area (Å²) in [5, 5.41) is 13.5. The number of halogens is 2. The average Bonchev–Trinajstić information content (AvgIpc) is 3.21. The van der Waals surface area contributed by atoms with E-state index in [1.807, 2.05) is 0 Å². The van der Waals surface area contributed by atoms with Crippen LogP contribution >= 0.6 is 0 Å². The zero-order valence-electron chi connectivity index (χ0n) is 16.9. The molecule has 8 nitrogen and oxygen atoms in total. The van der Waals surface area contributed by atoms with Crippen LogP contribution in [0.25, 0.3) is 0 Å². The minimum atomic E-state index is -0.764. The standard InChI is InChI=1S/C20H28F2N4O4/c1-13(10-23-20(29)24-17-9-15(21)6-7-16(17)22)8-19(28)26(12-18(27)25-30)11-14-4-2-3-5-14/h6-7,9,13-14,30H,2-5,8,10-12H2,1H3,(H,25,27)(H2,23,24,29). The molecular formula is C20H28F2N4O4. The van der Waals surface area contributed by atoms with E-state index in [1.54, 1.807) is 12.4 Å². The van der Waals surface area contributed by atoms with Crippen molar-refractivity contribution in [1.82, 2.24) is 15.7 Å². The molecule has 166 valence electrons. The van der Waals surface area contributed by atoms with Gasteiger partial charge < -0.3 is 15.5 Å². The van der Waals surface area contributed by atoms with E-state index >= 15 is 0 Å². The number of hydrogen-bond acceptors (Lipinski definition) is 4. The molecule has 0 heterocycles. The molecule has 10 heteroatoms. The van der Waals surface area contributed by atoms with Crippen molar-refractivity contribution in [3.63, 3.8) is 0 Å². The zero-order chi connectivity index (χ0) is 22.1. The Morgan fingerprint density at radius 2 is 1.93 bits per heavy atom. The largest absolute Gasteiger partial charge is 0.338 e. The van der Waals surface area contributed by atoms with Gasteiger partial charge in [0.15, 0.2) is 0 Å². The predicted molar refractivity (Wildman–Crippen MR) is 106 cm³/mol. The summed E-state index contributed by atoms with van der Waals surface area (Å²) in [6.45, 7) is 2.09. The van der Waals surface area contributed by atoms with Crippen molar-refractivity contribution >= 4 is 23.5 Å². The van der Waals surface area contributed by atoms with E-state index in [1.165, 1.54) is 4.90 Å². The molecule has 1 aromatic carbocycles. The fourth-order valence-corrected chi connectivity index (χ4v) is 3.49. The van der Waals surface area contributed by atoms with Gasteiger partial charge in [0.1, 0.15) is 18.2 Å². The van der Waals surface area contributed by atoms with E-state index < -0.39 is 23.6 Å². The van der Waals surface area contributed by atoms with Crippen LogP contribution in [0.2, 0.25) is 0 Å². The number of nitrogens with one attached hydrogen (secondary N) is 3. The summed E-state index contributed by atoms with van der Waals surface area (Å²) >= 11 is 0. The van der Waals surface area contributed by atoms with Crippen molar-refractivity contribution in [1.29, 1.82) is 0 Å². The highest BCUT2D eigenvalue weighted by Crippen LogP contribution is 2.26. The summed E-state index contributed by atoms with van der Waals surface area (Å²) in [6.07, 6.45) is 4.28. The van der Waals surface area contributed by atoms with Gasteiger partial charge in [-0.1, -0.05) is 19.8 Å². The lowest BCUT2D eigenvalue weighted by atomic mass is 10.0. The Bertz CT molecular complexity index is 756. The Hall–Kier alpha value is -2.75. The van der Waals surface area contributed by atoms with Gasteiger partial charge in [0.05, 0.1) is 5.69 Å². The van der Waals surface area contributed by atoms with Crippen molar-refractivity contribution in [2.75, 3.05) is 25.0 Å². The van der Waals surface area contributed by atoms with E-state index in [0.717, 1.165) is 43.9 Å². The lowest BCUT2D eigenvalue weighted by Gasteiger charge is -2.26. The molecule has 1 aromatic rings. The second kappa shape index (κ2) is 11.4. The first kappa shape index (κ1) is 23.5. The summed E-state index contributed by atoms with van der Waals surface area (Å²) in [6, 6.07) is 2.00. The van der Waals surface area contributed by atoms with Crippen molar-refractivity contribution in [2.45, 2.75) is 39.0 Å². The topological polar surface area (TPSA) is 111 Å². The molecule has 0 radical (unpaired) electrons. The van der Waals surface area contributed by atoms with Crippen LogP contribution in [-0.4, -0.2) is 47.6 Å². The Kier molecular flexibility index (Phi) is 8.97. The number of urea groups is 1. The maximum atomic E-state index is 13.6. The Labute approximate surface area is 174 Å². The van der Waals surface area contributed by atoms with Crippen LogP contribution in [0.15, 0.2) is 18.2 Å². The molecule has 1 aliphatic rings. The number of carbonyl (C=O) groups excluding carboxylic acids is 3. The third-order valence-electron chi connectivity index (χ3n) is 5.08. The van der Waals surface area contributed by atoms with Gasteiger partial charge in [0, 0.05) is 25.6 Å². The monoisotopic (exact) mass is 426 g/mol. The average molecular weight is 426 g/mol. The molecule has 0 saturated heterocycles. The summed E-state index contributed by atoms with van der Waals surface area (Å²) in [5.74, 6) is -2.29. The molecule has 30 heavy (non-hydrogen) atoms. The molecule has 0 bridgehead atoms. The zero-order valence-corrected chi connectivity index (χ0v) is 16.9. The SMILES string of the molecule is CC(CNC(=O)Nc1cc(F)ccc1F)CC(=O)N(CC(=O)NO)CC1CCCC1. The number of amides is 4. The summed E-state index contributed by atoms with van der Waals surface area (Å²) in [5.41, 5.74) is 1.26. The Morgan fingerprint density at radius 1 is 1.23 bits per heavy atom. The van der Waals surface area contributed by atoms with Crippen LogP contribution in [0.5, 0.6) is 0 Å². The van der Waals surface area contributed by atoms with Crippen molar-refractivity contribution < 1.29 is 28.4 Å². The fourth-order valence-electron chi connectivity index (χ4n) is 3.49. The maximum absolute atomic E-state index is 13.6. The minimum Gasteiger partial charge on any atom is -0.338 e. The van der Waals surface area contributed by atoms with Crippen molar-refractivity contribution in [3.05, 3.63) is 29.8 Å². The molecule has 0 aromatic heterocycles. The normalized spacial score (nSPS) is 14.8. The van der Waals surface area contributed by atoms with Crippen LogP contribution in [0, 0.1) is 23.5 Å². The molecule has 1 saturated carbocycles. The van der Waals surface area contributed by atoms with Crippen LogP contribution in [0.3, 0.4) is 0 Å². The van der Waals surface area contributed by atoms with E-state index in [9.17, 15) is 23.2 Å². The highest BCUT2D eigenvalue weighted by Gasteiger charge is 2.25. The molecule has 1 unspecified atom stereocenters. The first-order valence-electron chi connectivity index (χ1n) is 9.99. The van der Waals surface area contributed by atoms with E-state index in [2.05, 4.69) is 10.6 Å². The maximum Gasteiger partial charge on any atom is 0.319 e. The number of carbonyl (C=O) groups is 3. The smallest absolute Gasteiger partial charge is 0.319 e. The summed E-state index contributed by atoms with van der Waals surface area (Å²) in [4.78, 5) is 37.6. The van der Waals surface area contributed by atoms with Crippen molar-refractivity contribution in [2.24, 2.45) is 11.8 Å². The first-order chi connectivity index (χ1) is 14.3. The van der Waals surface area contributed by atoms with Gasteiger partial charge in [-0.15, -0.1) is 0 Å². The molecular weight excluding hydrogens is 398 g/mol. The molecule has 2 rings (SSSR count). The molecule has 0 spiro atoms. The molecule has 4 amide bonds. The van der Waals surface area contributed by atoms with Crippen LogP contribution in [0.4, 0.5) is 19.3 Å². The lowest BCUT2D eigenvalue weighted by molar-refractivity contribution is -0.140. The van der Waals surface area contributed by atoms with E-state index in [-0.39, 0.29) is 37.0 Å². The molecule has 4 N–H and O–H groups in total. The third-order valence-corrected chi connectivity index (χ3v) is 5.08. The molecule has 1 atom stereocenters. The summed E-state index contributed by atoms with van der Waals surface area (Å²) in [7, 11) is 0. The number of nitrogens with zero attached hydrogens (tertiary/aromatic N) is 1. The molecule has 1 aliphatic carbocycles. The minimum absolute atomic E-state index is 0.0834. The number of anilines is 1. The fraction of sp³-hybridized carbons (Fsp3) is 0.550. The van der Waals surface area contributed by atoms with Gasteiger partial charge in [0.2, 0.25) is 5.91 Å².